The predicted molar refractivity (Wildman–Crippen MR) is 69.5 cm³/mol. The van der Waals surface area contributed by atoms with Crippen LogP contribution in [0.15, 0.2) is 12.7 Å². The molecule has 5 nitrogen and oxygen atoms in total. The second-order valence-electron chi connectivity index (χ2n) is 6.12. The minimum atomic E-state index is -0.511. The Labute approximate surface area is 113 Å². The molecule has 0 radical (unpaired) electrons. The standard InChI is InChI=1S/C14H21NO4/c1-5-6-18-12(16)10-8-15(11-7-9(10)11)13(17)19-14(2,3)4/h5,9-11H,1,6-8H2,2-4H3/t9-,10-,11-/m0/s1. The van der Waals surface area contributed by atoms with Crippen LogP contribution in [0.3, 0.4) is 0 Å². The molecule has 0 aromatic rings. The Hall–Kier alpha value is -1.52. The van der Waals surface area contributed by atoms with Crippen LogP contribution in [-0.4, -0.2) is 41.8 Å². The molecule has 1 aliphatic carbocycles. The van der Waals surface area contributed by atoms with Gasteiger partial charge in [-0.05, 0) is 33.1 Å². The van der Waals surface area contributed by atoms with Gasteiger partial charge in [0.1, 0.15) is 12.2 Å². The summed E-state index contributed by atoms with van der Waals surface area (Å²) in [4.78, 5) is 25.5. The Kier molecular flexibility index (Phi) is 3.56. The van der Waals surface area contributed by atoms with Crippen molar-refractivity contribution in [3.05, 3.63) is 12.7 Å². The number of carbonyl (C=O) groups excluding carboxylic acids is 2. The average molecular weight is 267 g/mol. The molecule has 0 unspecified atom stereocenters. The number of fused-ring (bicyclic) bond motifs is 1. The molecule has 0 spiro atoms. The third-order valence-electron chi connectivity index (χ3n) is 3.39. The van der Waals surface area contributed by atoms with Gasteiger partial charge in [0.05, 0.1) is 5.92 Å². The molecule has 5 heteroatoms. The molecular weight excluding hydrogens is 246 g/mol. The fraction of sp³-hybridized carbons (Fsp3) is 0.714. The Balaban J connectivity index is 1.92. The molecule has 0 bridgehead atoms. The van der Waals surface area contributed by atoms with Gasteiger partial charge in [-0.15, -0.1) is 0 Å². The summed E-state index contributed by atoms with van der Waals surface area (Å²) in [6, 6.07) is 0.149. The first kappa shape index (κ1) is 13.9. The third kappa shape index (κ3) is 3.08. The number of rotatable bonds is 3. The first-order chi connectivity index (χ1) is 8.83. The summed E-state index contributed by atoms with van der Waals surface area (Å²) in [6.45, 7) is 9.64. The number of esters is 1. The van der Waals surface area contributed by atoms with Crippen LogP contribution < -0.4 is 0 Å². The van der Waals surface area contributed by atoms with E-state index in [-0.39, 0.29) is 36.5 Å². The summed E-state index contributed by atoms with van der Waals surface area (Å²) in [6.07, 6.45) is 2.08. The van der Waals surface area contributed by atoms with Crippen LogP contribution in [0.1, 0.15) is 27.2 Å². The zero-order chi connectivity index (χ0) is 14.2. The first-order valence-corrected chi connectivity index (χ1v) is 6.60. The normalized spacial score (nSPS) is 28.6. The van der Waals surface area contributed by atoms with Gasteiger partial charge >= 0.3 is 12.1 Å². The van der Waals surface area contributed by atoms with Crippen molar-refractivity contribution in [3.63, 3.8) is 0 Å². The zero-order valence-corrected chi connectivity index (χ0v) is 11.7. The SMILES string of the molecule is C=CCOC(=O)[C@H]1CN(C(=O)OC(C)(C)C)[C@H]2C[C@@H]12. The lowest BCUT2D eigenvalue weighted by Crippen LogP contribution is -2.38. The second-order valence-corrected chi connectivity index (χ2v) is 6.12. The van der Waals surface area contributed by atoms with Gasteiger partial charge < -0.3 is 14.4 Å². The highest BCUT2D eigenvalue weighted by molar-refractivity contribution is 5.78. The molecule has 0 N–H and O–H groups in total. The van der Waals surface area contributed by atoms with Crippen LogP contribution in [-0.2, 0) is 14.3 Å². The van der Waals surface area contributed by atoms with E-state index in [9.17, 15) is 9.59 Å². The Morgan fingerprint density at radius 2 is 2.11 bits per heavy atom. The van der Waals surface area contributed by atoms with Gasteiger partial charge in [0.2, 0.25) is 0 Å². The van der Waals surface area contributed by atoms with Crippen molar-refractivity contribution in [2.75, 3.05) is 13.2 Å². The Morgan fingerprint density at radius 3 is 2.68 bits per heavy atom. The zero-order valence-electron chi connectivity index (χ0n) is 11.7. The number of piperidine rings is 1. The number of carbonyl (C=O) groups is 2. The van der Waals surface area contributed by atoms with Crippen LogP contribution in [0, 0.1) is 11.8 Å². The molecule has 0 aromatic heterocycles. The minimum Gasteiger partial charge on any atom is -0.461 e. The molecule has 1 amide bonds. The van der Waals surface area contributed by atoms with Crippen LogP contribution >= 0.6 is 0 Å². The average Bonchev–Trinajstić information content (AvgIpc) is 2.98. The summed E-state index contributed by atoms with van der Waals surface area (Å²) in [5.74, 6) is -0.208. The lowest BCUT2D eigenvalue weighted by Gasteiger charge is -2.26. The monoisotopic (exact) mass is 267 g/mol. The fourth-order valence-corrected chi connectivity index (χ4v) is 2.50. The third-order valence-corrected chi connectivity index (χ3v) is 3.39. The maximum absolute atomic E-state index is 12.0. The van der Waals surface area contributed by atoms with E-state index in [1.54, 1.807) is 11.0 Å². The number of amides is 1. The van der Waals surface area contributed by atoms with Crippen molar-refractivity contribution in [3.8, 4) is 0 Å². The Morgan fingerprint density at radius 1 is 1.42 bits per heavy atom. The van der Waals surface area contributed by atoms with E-state index in [2.05, 4.69) is 6.58 Å². The van der Waals surface area contributed by atoms with Crippen molar-refractivity contribution in [2.24, 2.45) is 11.8 Å². The maximum atomic E-state index is 12.0. The van der Waals surface area contributed by atoms with E-state index in [0.717, 1.165) is 6.42 Å². The highest BCUT2D eigenvalue weighted by Crippen LogP contribution is 2.49. The van der Waals surface area contributed by atoms with Crippen molar-refractivity contribution in [1.29, 1.82) is 0 Å². The molecule has 2 aliphatic rings. The van der Waals surface area contributed by atoms with Gasteiger partial charge in [-0.2, -0.15) is 0 Å². The predicted octanol–water partition coefficient (Wildman–Crippen LogP) is 1.97. The van der Waals surface area contributed by atoms with E-state index in [1.807, 2.05) is 20.8 Å². The quantitative estimate of drug-likeness (QED) is 0.579. The molecule has 0 aromatic carbocycles. The van der Waals surface area contributed by atoms with Gasteiger partial charge in [-0.25, -0.2) is 4.79 Å². The Bertz CT molecular complexity index is 399. The van der Waals surface area contributed by atoms with E-state index in [1.165, 1.54) is 0 Å². The molecule has 2 rings (SSSR count). The summed E-state index contributed by atoms with van der Waals surface area (Å²) in [7, 11) is 0. The van der Waals surface area contributed by atoms with Crippen LogP contribution in [0.5, 0.6) is 0 Å². The number of likely N-dealkylation sites (tertiary alicyclic amines) is 1. The fourth-order valence-electron chi connectivity index (χ4n) is 2.50. The summed E-state index contributed by atoms with van der Waals surface area (Å²) >= 11 is 0. The van der Waals surface area contributed by atoms with Crippen molar-refractivity contribution < 1.29 is 19.1 Å². The van der Waals surface area contributed by atoms with Crippen molar-refractivity contribution in [1.82, 2.24) is 4.90 Å². The van der Waals surface area contributed by atoms with Gasteiger partial charge in [0.15, 0.2) is 0 Å². The molecule has 1 saturated heterocycles. The van der Waals surface area contributed by atoms with Gasteiger partial charge in [0.25, 0.3) is 0 Å². The summed E-state index contributed by atoms with van der Waals surface area (Å²) < 4.78 is 10.4. The van der Waals surface area contributed by atoms with Gasteiger partial charge in [-0.1, -0.05) is 12.7 Å². The number of nitrogens with zero attached hydrogens (tertiary/aromatic N) is 1. The molecule has 2 fully saturated rings. The number of hydrogen-bond donors (Lipinski definition) is 0. The lowest BCUT2D eigenvalue weighted by molar-refractivity contribution is -0.147. The second kappa shape index (κ2) is 4.87. The largest absolute Gasteiger partial charge is 0.461 e. The van der Waals surface area contributed by atoms with E-state index < -0.39 is 5.60 Å². The first-order valence-electron chi connectivity index (χ1n) is 6.60. The molecule has 19 heavy (non-hydrogen) atoms. The molecular formula is C14H21NO4. The molecule has 1 saturated carbocycles. The number of ether oxygens (including phenoxy) is 2. The summed E-state index contributed by atoms with van der Waals surface area (Å²) in [5, 5.41) is 0. The van der Waals surface area contributed by atoms with Gasteiger partial charge in [-0.3, -0.25) is 4.79 Å². The smallest absolute Gasteiger partial charge is 0.410 e. The van der Waals surface area contributed by atoms with E-state index in [4.69, 9.17) is 9.47 Å². The highest BCUT2D eigenvalue weighted by Gasteiger charge is 2.58. The maximum Gasteiger partial charge on any atom is 0.410 e. The highest BCUT2D eigenvalue weighted by atomic mass is 16.6. The molecule has 1 aliphatic heterocycles. The van der Waals surface area contributed by atoms with Gasteiger partial charge in [0, 0.05) is 12.6 Å². The lowest BCUT2D eigenvalue weighted by atomic mass is 10.1. The van der Waals surface area contributed by atoms with Crippen LogP contribution in [0.2, 0.25) is 0 Å². The number of hydrogen-bond acceptors (Lipinski definition) is 4. The van der Waals surface area contributed by atoms with E-state index in [0.29, 0.717) is 6.54 Å². The van der Waals surface area contributed by atoms with Crippen molar-refractivity contribution >= 4 is 12.1 Å². The van der Waals surface area contributed by atoms with Crippen LogP contribution in [0.25, 0.3) is 0 Å². The molecule has 106 valence electrons. The van der Waals surface area contributed by atoms with Crippen LogP contribution in [0.4, 0.5) is 4.79 Å². The van der Waals surface area contributed by atoms with Crippen molar-refractivity contribution in [2.45, 2.75) is 38.8 Å². The molecule has 1 heterocycles. The van der Waals surface area contributed by atoms with E-state index >= 15 is 0 Å². The summed E-state index contributed by atoms with van der Waals surface area (Å²) in [5.41, 5.74) is -0.511. The minimum absolute atomic E-state index is 0.149. The molecule has 3 atom stereocenters. The topological polar surface area (TPSA) is 55.8 Å².